The molecule has 0 saturated heterocycles. The van der Waals surface area contributed by atoms with Gasteiger partial charge in [0.15, 0.2) is 0 Å². The van der Waals surface area contributed by atoms with E-state index in [0.717, 1.165) is 12.2 Å². The van der Waals surface area contributed by atoms with E-state index in [9.17, 15) is 0 Å². The van der Waals surface area contributed by atoms with Crippen LogP contribution >= 0.6 is 0 Å². The van der Waals surface area contributed by atoms with Crippen LogP contribution in [0.3, 0.4) is 0 Å². The van der Waals surface area contributed by atoms with Gasteiger partial charge in [0.1, 0.15) is 5.75 Å². The van der Waals surface area contributed by atoms with Crippen molar-refractivity contribution in [3.8, 4) is 5.75 Å². The molecule has 77 valence electrons. The average molecular weight is 191 g/mol. The molecular weight excluding hydrogens is 172 g/mol. The molecule has 1 radical (unpaired) electrons. The van der Waals surface area contributed by atoms with E-state index in [0.29, 0.717) is 0 Å². The van der Waals surface area contributed by atoms with Gasteiger partial charge in [-0.15, -0.1) is 0 Å². The van der Waals surface area contributed by atoms with Gasteiger partial charge in [0.25, 0.3) is 0 Å². The maximum Gasteiger partial charge on any atom is 0.119 e. The molecule has 1 nitrogen and oxygen atoms in total. The van der Waals surface area contributed by atoms with Gasteiger partial charge in [-0.05, 0) is 43.9 Å². The first kappa shape index (κ1) is 11.1. The van der Waals surface area contributed by atoms with Crippen LogP contribution in [0.1, 0.15) is 33.3 Å². The van der Waals surface area contributed by atoms with Crippen LogP contribution in [-0.2, 0) is 6.42 Å². The minimum Gasteiger partial charge on any atom is -0.491 e. The van der Waals surface area contributed by atoms with Gasteiger partial charge >= 0.3 is 0 Å². The number of rotatable bonds is 4. The second-order valence-electron chi connectivity index (χ2n) is 4.19. The van der Waals surface area contributed by atoms with Gasteiger partial charge in [0.05, 0.1) is 6.10 Å². The highest BCUT2D eigenvalue weighted by atomic mass is 16.5. The third-order valence-corrected chi connectivity index (χ3v) is 1.85. The monoisotopic (exact) mass is 191 g/mol. The van der Waals surface area contributed by atoms with Crippen molar-refractivity contribution in [1.82, 2.24) is 0 Å². The second-order valence-corrected chi connectivity index (χ2v) is 4.19. The van der Waals surface area contributed by atoms with Crippen molar-refractivity contribution in [2.45, 2.75) is 40.2 Å². The van der Waals surface area contributed by atoms with E-state index in [1.807, 2.05) is 26.0 Å². The minimum atomic E-state index is 0.250. The normalized spacial score (nSPS) is 11.0. The van der Waals surface area contributed by atoms with Crippen LogP contribution in [0.4, 0.5) is 0 Å². The zero-order valence-corrected chi connectivity index (χ0v) is 9.50. The molecule has 0 heterocycles. The van der Waals surface area contributed by atoms with E-state index in [2.05, 4.69) is 26.0 Å². The summed E-state index contributed by atoms with van der Waals surface area (Å²) in [6.45, 7) is 8.38. The smallest absolute Gasteiger partial charge is 0.119 e. The largest absolute Gasteiger partial charge is 0.491 e. The predicted octanol–water partition coefficient (Wildman–Crippen LogP) is 3.63. The van der Waals surface area contributed by atoms with E-state index in [1.165, 1.54) is 11.5 Å². The molecule has 14 heavy (non-hydrogen) atoms. The van der Waals surface area contributed by atoms with Crippen molar-refractivity contribution < 1.29 is 4.74 Å². The molecule has 1 heteroatoms. The molecule has 1 aromatic carbocycles. The van der Waals surface area contributed by atoms with Crippen molar-refractivity contribution in [1.29, 1.82) is 0 Å². The van der Waals surface area contributed by atoms with E-state index < -0.39 is 0 Å². The molecule has 0 saturated carbocycles. The highest BCUT2D eigenvalue weighted by Gasteiger charge is 2.00. The fourth-order valence-corrected chi connectivity index (χ4v) is 1.37. The zero-order chi connectivity index (χ0) is 10.6. The third kappa shape index (κ3) is 3.82. The van der Waals surface area contributed by atoms with E-state index in [1.54, 1.807) is 0 Å². The minimum absolute atomic E-state index is 0.250. The first-order chi connectivity index (χ1) is 6.58. The average Bonchev–Trinajstić information content (AvgIpc) is 2.06. The fourth-order valence-electron chi connectivity index (χ4n) is 1.37. The van der Waals surface area contributed by atoms with Crippen LogP contribution in [-0.4, -0.2) is 6.10 Å². The summed E-state index contributed by atoms with van der Waals surface area (Å²) in [7, 11) is 0. The molecule has 0 amide bonds. The molecule has 0 fully saturated rings. The Labute approximate surface area is 87.1 Å². The lowest BCUT2D eigenvalue weighted by molar-refractivity contribution is 0.242. The molecule has 0 atom stereocenters. The summed E-state index contributed by atoms with van der Waals surface area (Å²) in [5.41, 5.74) is 1.35. The Balaban J connectivity index is 2.59. The fraction of sp³-hybridized carbons (Fsp3) is 0.462. The summed E-state index contributed by atoms with van der Waals surface area (Å²) in [4.78, 5) is 0. The molecule has 0 unspecified atom stereocenters. The Morgan fingerprint density at radius 2 is 1.71 bits per heavy atom. The van der Waals surface area contributed by atoms with Crippen molar-refractivity contribution in [3.05, 3.63) is 35.7 Å². The van der Waals surface area contributed by atoms with Gasteiger partial charge in [0, 0.05) is 0 Å². The van der Waals surface area contributed by atoms with Crippen LogP contribution in [0.2, 0.25) is 0 Å². The summed E-state index contributed by atoms with van der Waals surface area (Å²) < 4.78 is 5.57. The molecule has 0 aliphatic rings. The lowest BCUT2D eigenvalue weighted by Crippen LogP contribution is -2.05. The molecule has 0 spiro atoms. The van der Waals surface area contributed by atoms with E-state index >= 15 is 0 Å². The van der Waals surface area contributed by atoms with Gasteiger partial charge in [-0.1, -0.05) is 26.0 Å². The van der Waals surface area contributed by atoms with Crippen molar-refractivity contribution in [2.24, 2.45) is 0 Å². The summed E-state index contributed by atoms with van der Waals surface area (Å²) in [6, 6.07) is 8.34. The van der Waals surface area contributed by atoms with Crippen LogP contribution in [0.25, 0.3) is 0 Å². The first-order valence-corrected chi connectivity index (χ1v) is 5.12. The molecule has 0 N–H and O–H groups in total. The van der Waals surface area contributed by atoms with Crippen LogP contribution in [0.15, 0.2) is 24.3 Å². The quantitative estimate of drug-likeness (QED) is 0.706. The number of ether oxygens (including phenoxy) is 1. The molecule has 1 rings (SSSR count). The van der Waals surface area contributed by atoms with Crippen molar-refractivity contribution in [2.75, 3.05) is 0 Å². The van der Waals surface area contributed by atoms with Crippen molar-refractivity contribution in [3.63, 3.8) is 0 Å². The maximum atomic E-state index is 5.57. The standard InChI is InChI=1S/C13H19O/c1-10(2)9-12-5-7-13(8-6-12)14-11(3)4/h5-8,11H,9H2,1-4H3. The van der Waals surface area contributed by atoms with E-state index in [4.69, 9.17) is 4.74 Å². The Hall–Kier alpha value is -0.980. The first-order valence-electron chi connectivity index (χ1n) is 5.12. The van der Waals surface area contributed by atoms with Gasteiger partial charge in [0.2, 0.25) is 0 Å². The summed E-state index contributed by atoms with van der Waals surface area (Å²) in [6.07, 6.45) is 1.31. The second kappa shape index (κ2) is 5.04. The highest BCUT2D eigenvalue weighted by molar-refractivity contribution is 5.28. The van der Waals surface area contributed by atoms with Crippen molar-refractivity contribution >= 4 is 0 Å². The lowest BCUT2D eigenvalue weighted by Gasteiger charge is -2.10. The molecule has 0 bridgehead atoms. The summed E-state index contributed by atoms with van der Waals surface area (Å²) in [5.74, 6) is 2.39. The highest BCUT2D eigenvalue weighted by Crippen LogP contribution is 2.16. The number of hydrogen-bond donors (Lipinski definition) is 0. The molecule has 0 aliphatic carbocycles. The SMILES string of the molecule is C[C](C)Cc1ccc(OC(C)C)cc1. The molecular formula is C13H19O. The number of hydrogen-bond acceptors (Lipinski definition) is 1. The van der Waals surface area contributed by atoms with Gasteiger partial charge < -0.3 is 4.74 Å². The zero-order valence-electron chi connectivity index (χ0n) is 9.50. The van der Waals surface area contributed by atoms with Gasteiger partial charge in [-0.3, -0.25) is 0 Å². The Morgan fingerprint density at radius 1 is 1.14 bits per heavy atom. The molecule has 1 aromatic rings. The Bertz CT molecular complexity index is 230. The number of benzene rings is 1. The van der Waals surface area contributed by atoms with Crippen LogP contribution < -0.4 is 4.74 Å². The van der Waals surface area contributed by atoms with Crippen LogP contribution in [0.5, 0.6) is 5.75 Å². The molecule has 0 aromatic heterocycles. The lowest BCUT2D eigenvalue weighted by atomic mass is 10.0. The Kier molecular flexibility index (Phi) is 3.99. The predicted molar refractivity (Wildman–Crippen MR) is 60.5 cm³/mol. The third-order valence-electron chi connectivity index (χ3n) is 1.85. The summed E-state index contributed by atoms with van der Waals surface area (Å²) in [5, 5.41) is 0. The van der Waals surface area contributed by atoms with Crippen LogP contribution in [0, 0.1) is 5.92 Å². The maximum absolute atomic E-state index is 5.57. The van der Waals surface area contributed by atoms with Gasteiger partial charge in [-0.2, -0.15) is 0 Å². The molecule has 0 aliphatic heterocycles. The van der Waals surface area contributed by atoms with E-state index in [-0.39, 0.29) is 6.10 Å². The topological polar surface area (TPSA) is 9.23 Å². The van der Waals surface area contributed by atoms with Gasteiger partial charge in [-0.25, -0.2) is 0 Å². The summed E-state index contributed by atoms with van der Waals surface area (Å²) >= 11 is 0. The Morgan fingerprint density at radius 3 is 2.14 bits per heavy atom.